The van der Waals surface area contributed by atoms with Gasteiger partial charge in [-0.05, 0) is 17.7 Å². The topological polar surface area (TPSA) is 183 Å². The summed E-state index contributed by atoms with van der Waals surface area (Å²) in [6.45, 7) is -0.495. The summed E-state index contributed by atoms with van der Waals surface area (Å²) in [7, 11) is 0. The maximum absolute atomic E-state index is 12.3. The molecule has 0 saturated carbocycles. The van der Waals surface area contributed by atoms with Gasteiger partial charge in [0.05, 0.1) is 18.2 Å². The van der Waals surface area contributed by atoms with Crippen LogP contribution in [-0.4, -0.2) is 59.8 Å². The van der Waals surface area contributed by atoms with Crippen molar-refractivity contribution in [2.45, 2.75) is 35.4 Å². The number of imidazole rings is 1. The normalized spacial score (nSPS) is 23.7. The first-order valence-corrected chi connectivity index (χ1v) is 9.93. The Balaban J connectivity index is 1.75. The van der Waals surface area contributed by atoms with E-state index in [-0.39, 0.29) is 17.1 Å². The van der Waals surface area contributed by atoms with Gasteiger partial charge in [0.2, 0.25) is 5.95 Å². The van der Waals surface area contributed by atoms with Crippen molar-refractivity contribution in [2.75, 3.05) is 12.3 Å². The quantitative estimate of drug-likeness (QED) is 0.330. The van der Waals surface area contributed by atoms with E-state index in [1.807, 2.05) is 0 Å². The number of rotatable bonds is 5. The summed E-state index contributed by atoms with van der Waals surface area (Å²) in [4.78, 5) is 23.1. The van der Waals surface area contributed by atoms with Crippen molar-refractivity contribution < 1.29 is 20.1 Å². The second-order valence-electron chi connectivity index (χ2n) is 6.71. The molecule has 1 aromatic carbocycles. The van der Waals surface area contributed by atoms with E-state index in [4.69, 9.17) is 15.7 Å². The van der Waals surface area contributed by atoms with Crippen LogP contribution in [-0.2, 0) is 10.5 Å². The van der Waals surface area contributed by atoms with Gasteiger partial charge in [0.1, 0.15) is 18.3 Å². The number of aliphatic hydroxyl groups is 3. The highest BCUT2D eigenvalue weighted by molar-refractivity contribution is 7.98. The summed E-state index contributed by atoms with van der Waals surface area (Å²) < 4.78 is 7.02. The van der Waals surface area contributed by atoms with Crippen LogP contribution in [0.3, 0.4) is 0 Å². The lowest BCUT2D eigenvalue weighted by atomic mass is 10.1. The molecule has 2 aromatic heterocycles. The summed E-state index contributed by atoms with van der Waals surface area (Å²) in [5.41, 5.74) is 6.66. The molecule has 6 N–H and O–H groups in total. The second kappa shape index (κ2) is 8.05. The number of anilines is 1. The largest absolute Gasteiger partial charge is 0.394 e. The molecule has 0 radical (unpaired) electrons. The van der Waals surface area contributed by atoms with Crippen LogP contribution in [0.1, 0.15) is 17.4 Å². The standard InChI is InChI=1S/C18H18N6O5S/c19-5-8-1-3-9(4-2-8)7-30-18-21-11-14(22-17(20)23-15(11)28)24(18)16-13(27)12(26)10(6-25)29-16/h1-4,10,12-13,16,25-27H,6-7H2,(H3,20,22,23,28)/t10-,12-,13-,16-/m1/s1. The molecule has 12 heteroatoms. The fourth-order valence-electron chi connectivity index (χ4n) is 3.23. The van der Waals surface area contributed by atoms with Crippen LogP contribution >= 0.6 is 11.8 Å². The summed E-state index contributed by atoms with van der Waals surface area (Å²) in [6.07, 6.45) is -4.83. The van der Waals surface area contributed by atoms with Gasteiger partial charge in [-0.15, -0.1) is 0 Å². The molecule has 3 aromatic rings. The van der Waals surface area contributed by atoms with E-state index < -0.39 is 36.7 Å². The number of aromatic amines is 1. The Morgan fingerprint density at radius 1 is 1.27 bits per heavy atom. The van der Waals surface area contributed by atoms with Gasteiger partial charge in [0.15, 0.2) is 22.5 Å². The lowest BCUT2D eigenvalue weighted by molar-refractivity contribution is -0.0548. The van der Waals surface area contributed by atoms with Gasteiger partial charge in [-0.3, -0.25) is 14.3 Å². The molecule has 30 heavy (non-hydrogen) atoms. The zero-order chi connectivity index (χ0) is 21.4. The molecular weight excluding hydrogens is 412 g/mol. The van der Waals surface area contributed by atoms with Gasteiger partial charge in [0.25, 0.3) is 5.56 Å². The number of ether oxygens (including phenoxy) is 1. The molecule has 1 aliphatic rings. The monoisotopic (exact) mass is 430 g/mol. The number of nitrogens with zero attached hydrogens (tertiary/aromatic N) is 4. The molecule has 4 rings (SSSR count). The number of aromatic nitrogens is 4. The van der Waals surface area contributed by atoms with E-state index in [0.717, 1.165) is 5.56 Å². The molecule has 1 saturated heterocycles. The van der Waals surface area contributed by atoms with E-state index in [0.29, 0.717) is 16.5 Å². The Kier molecular flexibility index (Phi) is 5.46. The fraction of sp³-hybridized carbons (Fsp3) is 0.333. The number of nitrogens with two attached hydrogens (primary N) is 1. The molecule has 0 bridgehead atoms. The van der Waals surface area contributed by atoms with Crippen molar-refractivity contribution in [1.29, 1.82) is 5.26 Å². The smallest absolute Gasteiger partial charge is 0.280 e. The highest BCUT2D eigenvalue weighted by Gasteiger charge is 2.45. The van der Waals surface area contributed by atoms with Crippen LogP contribution in [0.15, 0.2) is 34.2 Å². The SMILES string of the molecule is N#Cc1ccc(CSc2nc3c(=O)[nH]c(N)nc3n2[C@@H]2O[C@H](CO)[C@@H](O)[C@H]2O)cc1. The van der Waals surface area contributed by atoms with E-state index in [1.165, 1.54) is 16.3 Å². The average Bonchev–Trinajstić information content (AvgIpc) is 3.24. The minimum atomic E-state index is -1.38. The van der Waals surface area contributed by atoms with Crippen molar-refractivity contribution in [2.24, 2.45) is 0 Å². The zero-order valence-corrected chi connectivity index (χ0v) is 16.3. The lowest BCUT2D eigenvalue weighted by Gasteiger charge is -2.19. The van der Waals surface area contributed by atoms with Gasteiger partial charge >= 0.3 is 0 Å². The van der Waals surface area contributed by atoms with Crippen molar-refractivity contribution in [1.82, 2.24) is 19.5 Å². The van der Waals surface area contributed by atoms with E-state index >= 15 is 0 Å². The molecule has 0 aliphatic carbocycles. The molecule has 1 aliphatic heterocycles. The molecule has 0 spiro atoms. The number of H-pyrrole nitrogens is 1. The Labute approximate surface area is 173 Å². The Hall–Kier alpha value is -2.95. The highest BCUT2D eigenvalue weighted by Crippen LogP contribution is 2.36. The molecule has 156 valence electrons. The third-order valence-electron chi connectivity index (χ3n) is 4.76. The van der Waals surface area contributed by atoms with Crippen molar-refractivity contribution >= 4 is 28.9 Å². The van der Waals surface area contributed by atoms with Crippen LogP contribution < -0.4 is 11.3 Å². The first kappa shape index (κ1) is 20.3. The Morgan fingerprint density at radius 2 is 2.00 bits per heavy atom. The van der Waals surface area contributed by atoms with Crippen LogP contribution in [0.5, 0.6) is 0 Å². The summed E-state index contributed by atoms with van der Waals surface area (Å²) in [6, 6.07) is 9.04. The summed E-state index contributed by atoms with van der Waals surface area (Å²) in [5.74, 6) is 0.307. The first-order chi connectivity index (χ1) is 14.4. The number of nitrogens with one attached hydrogen (secondary N) is 1. The average molecular weight is 430 g/mol. The number of hydrogen-bond acceptors (Lipinski definition) is 10. The van der Waals surface area contributed by atoms with Crippen LogP contribution in [0.2, 0.25) is 0 Å². The molecule has 4 atom stereocenters. The fourth-order valence-corrected chi connectivity index (χ4v) is 4.20. The van der Waals surface area contributed by atoms with Gasteiger partial charge in [0, 0.05) is 5.75 Å². The van der Waals surface area contributed by atoms with Crippen LogP contribution in [0.25, 0.3) is 11.2 Å². The van der Waals surface area contributed by atoms with E-state index in [2.05, 4.69) is 21.0 Å². The third-order valence-corrected chi connectivity index (χ3v) is 5.78. The van der Waals surface area contributed by atoms with Gasteiger partial charge in [-0.2, -0.15) is 10.2 Å². The first-order valence-electron chi connectivity index (χ1n) is 8.95. The van der Waals surface area contributed by atoms with Crippen molar-refractivity contribution in [3.8, 4) is 6.07 Å². The lowest BCUT2D eigenvalue weighted by Crippen LogP contribution is -2.33. The van der Waals surface area contributed by atoms with Crippen molar-refractivity contribution in [3.05, 3.63) is 45.7 Å². The molecular formula is C18H18N6O5S. The zero-order valence-electron chi connectivity index (χ0n) is 15.5. The van der Waals surface area contributed by atoms with Crippen LogP contribution in [0.4, 0.5) is 5.95 Å². The van der Waals surface area contributed by atoms with Gasteiger partial charge in [-0.25, -0.2) is 4.98 Å². The predicted octanol–water partition coefficient (Wildman–Crippen LogP) is -0.523. The maximum atomic E-state index is 12.3. The predicted molar refractivity (Wildman–Crippen MR) is 106 cm³/mol. The number of nitrogen functional groups attached to an aromatic ring is 1. The minimum Gasteiger partial charge on any atom is -0.394 e. The summed E-state index contributed by atoms with van der Waals surface area (Å²) in [5, 5.41) is 39.2. The van der Waals surface area contributed by atoms with Crippen molar-refractivity contribution in [3.63, 3.8) is 0 Å². The number of thioether (sulfide) groups is 1. The number of nitriles is 1. The molecule has 0 unspecified atom stereocenters. The highest BCUT2D eigenvalue weighted by atomic mass is 32.2. The Bertz CT molecular complexity index is 1170. The number of aliphatic hydroxyl groups excluding tert-OH is 3. The summed E-state index contributed by atoms with van der Waals surface area (Å²) >= 11 is 1.25. The van der Waals surface area contributed by atoms with E-state index in [9.17, 15) is 20.1 Å². The van der Waals surface area contributed by atoms with E-state index in [1.54, 1.807) is 24.3 Å². The molecule has 1 fully saturated rings. The molecule has 11 nitrogen and oxygen atoms in total. The maximum Gasteiger partial charge on any atom is 0.280 e. The van der Waals surface area contributed by atoms with Gasteiger partial charge < -0.3 is 25.8 Å². The number of fused-ring (bicyclic) bond motifs is 1. The van der Waals surface area contributed by atoms with Crippen LogP contribution in [0, 0.1) is 11.3 Å². The molecule has 0 amide bonds. The Morgan fingerprint density at radius 3 is 2.63 bits per heavy atom. The van der Waals surface area contributed by atoms with Gasteiger partial charge in [-0.1, -0.05) is 23.9 Å². The third kappa shape index (κ3) is 3.53. The number of benzene rings is 1. The second-order valence-corrected chi connectivity index (χ2v) is 7.66. The molecule has 3 heterocycles. The number of hydrogen-bond donors (Lipinski definition) is 5. The minimum absolute atomic E-state index is 0.00395.